The van der Waals surface area contributed by atoms with Crippen molar-refractivity contribution < 1.29 is 24.2 Å². The summed E-state index contributed by atoms with van der Waals surface area (Å²) in [5, 5.41) is 9.35. The number of fused-ring (bicyclic) bond motifs is 7. The first-order valence-electron chi connectivity index (χ1n) is 20.8. The maximum absolute atomic E-state index is 14.1. The first-order valence-corrected chi connectivity index (χ1v) is 20.8. The SMILES string of the molecule is C=C(C)[C@@H]1CC[C@]2(CC(=O)N3CCN(CC)CC3)CC[C@]3(C)[C@H](CC[C@@H]4[C@@]5(C)CC[C@H](OC(=O)CC(C)(C)CC(=O)O)C(C)(C)[C@@H]5CC[C@]43C)[C@@H]12. The molecule has 6 rings (SSSR count). The van der Waals surface area contributed by atoms with Crippen LogP contribution in [0.3, 0.4) is 0 Å². The van der Waals surface area contributed by atoms with Crippen LogP contribution in [0.15, 0.2) is 12.2 Å². The van der Waals surface area contributed by atoms with Crippen molar-refractivity contribution in [2.24, 2.45) is 62.1 Å². The number of rotatable bonds is 9. The first-order chi connectivity index (χ1) is 23.7. The third kappa shape index (κ3) is 6.43. The van der Waals surface area contributed by atoms with E-state index in [1.54, 1.807) is 0 Å². The van der Waals surface area contributed by atoms with Crippen LogP contribution in [0.5, 0.6) is 0 Å². The largest absolute Gasteiger partial charge is 0.481 e. The summed E-state index contributed by atoms with van der Waals surface area (Å²) in [5.41, 5.74) is 1.25. The fourth-order valence-corrected chi connectivity index (χ4v) is 14.6. The first kappa shape index (κ1) is 38.8. The highest BCUT2D eigenvalue weighted by atomic mass is 16.5. The molecule has 5 aliphatic carbocycles. The number of piperazine rings is 1. The number of carboxylic acid groups (broad SMARTS) is 1. The number of likely N-dealkylation sites (N-methyl/N-ethyl adjacent to an activating group) is 1. The minimum atomic E-state index is -0.878. The van der Waals surface area contributed by atoms with Gasteiger partial charge in [-0.05, 0) is 134 Å². The van der Waals surface area contributed by atoms with Gasteiger partial charge >= 0.3 is 11.9 Å². The second kappa shape index (κ2) is 13.4. The van der Waals surface area contributed by atoms with Gasteiger partial charge in [-0.1, -0.05) is 67.5 Å². The minimum Gasteiger partial charge on any atom is -0.481 e. The van der Waals surface area contributed by atoms with E-state index in [0.717, 1.165) is 58.4 Å². The van der Waals surface area contributed by atoms with Gasteiger partial charge in [0.25, 0.3) is 0 Å². The van der Waals surface area contributed by atoms with E-state index < -0.39 is 11.4 Å². The van der Waals surface area contributed by atoms with Gasteiger partial charge < -0.3 is 19.6 Å². The zero-order valence-electron chi connectivity index (χ0n) is 33.9. The number of nitrogens with zero attached hydrogens (tertiary/aromatic N) is 2. The van der Waals surface area contributed by atoms with Crippen LogP contribution >= 0.6 is 0 Å². The number of carbonyl (C=O) groups excluding carboxylic acids is 2. The van der Waals surface area contributed by atoms with Gasteiger partial charge in [0, 0.05) is 38.0 Å². The van der Waals surface area contributed by atoms with E-state index in [4.69, 9.17) is 4.74 Å². The average molecular weight is 709 g/mol. The van der Waals surface area contributed by atoms with Gasteiger partial charge in [0.1, 0.15) is 6.10 Å². The predicted octanol–water partition coefficient (Wildman–Crippen LogP) is 9.00. The summed E-state index contributed by atoms with van der Waals surface area (Å²) < 4.78 is 6.29. The Balaban J connectivity index is 1.22. The third-order valence-electron chi connectivity index (χ3n) is 17.4. The Morgan fingerprint density at radius 2 is 1.51 bits per heavy atom. The molecule has 0 aromatic rings. The molecule has 0 spiro atoms. The van der Waals surface area contributed by atoms with Gasteiger partial charge in [0.05, 0.1) is 12.8 Å². The Kier molecular flexibility index (Phi) is 10.2. The molecule has 6 fully saturated rings. The standard InChI is InChI=1S/C44H72N2O5/c1-11-45-22-24-46(25-23-45)35(47)26-44-19-14-30(29(2)3)38(44)31-12-13-33-41(8)17-16-34(51-37(50)28-39(4,5)27-36(48)49)40(6,7)32(41)15-18-43(33,10)42(31,9)20-21-44/h30-34,38H,2,11-28H2,1,3-10H3,(H,48,49)/t30-,31+,32-,33+,34-,38+,41-,42+,43+,44+/m0/s1. The number of carbonyl (C=O) groups is 3. The summed E-state index contributed by atoms with van der Waals surface area (Å²) in [6.45, 7) is 30.2. The quantitative estimate of drug-likeness (QED) is 0.190. The number of carboxylic acids is 1. The van der Waals surface area contributed by atoms with Gasteiger partial charge in [-0.3, -0.25) is 14.4 Å². The third-order valence-corrected chi connectivity index (χ3v) is 17.4. The maximum Gasteiger partial charge on any atom is 0.306 e. The van der Waals surface area contributed by atoms with E-state index in [1.807, 2.05) is 13.8 Å². The summed E-state index contributed by atoms with van der Waals surface area (Å²) in [7, 11) is 0. The molecule has 51 heavy (non-hydrogen) atoms. The number of esters is 1. The Morgan fingerprint density at radius 1 is 0.824 bits per heavy atom. The Labute approximate surface area is 310 Å². The zero-order valence-corrected chi connectivity index (χ0v) is 33.9. The van der Waals surface area contributed by atoms with E-state index in [-0.39, 0.29) is 52.0 Å². The van der Waals surface area contributed by atoms with E-state index in [9.17, 15) is 19.5 Å². The fraction of sp³-hybridized carbons (Fsp3) is 0.886. The Bertz CT molecular complexity index is 1380. The molecule has 0 aromatic carbocycles. The fourth-order valence-electron chi connectivity index (χ4n) is 14.6. The molecule has 0 aromatic heterocycles. The van der Waals surface area contributed by atoms with Crippen LogP contribution in [0.4, 0.5) is 0 Å². The number of aliphatic carboxylic acids is 1. The molecule has 0 unspecified atom stereocenters. The van der Waals surface area contributed by atoms with Crippen LogP contribution in [-0.4, -0.2) is 71.6 Å². The van der Waals surface area contributed by atoms with Gasteiger partial charge in [-0.15, -0.1) is 0 Å². The molecule has 7 nitrogen and oxygen atoms in total. The van der Waals surface area contributed by atoms with E-state index in [1.165, 1.54) is 50.5 Å². The number of ether oxygens (including phenoxy) is 1. The summed E-state index contributed by atoms with van der Waals surface area (Å²) in [6.07, 6.45) is 12.2. The lowest BCUT2D eigenvalue weighted by atomic mass is 9.32. The molecule has 1 heterocycles. The monoisotopic (exact) mass is 709 g/mol. The number of hydrogen-bond acceptors (Lipinski definition) is 5. The van der Waals surface area contributed by atoms with Crippen molar-refractivity contribution in [1.82, 2.24) is 9.80 Å². The summed E-state index contributed by atoms with van der Waals surface area (Å²) >= 11 is 0. The van der Waals surface area contributed by atoms with Crippen molar-refractivity contribution in [3.05, 3.63) is 12.2 Å². The van der Waals surface area contributed by atoms with Crippen molar-refractivity contribution in [3.63, 3.8) is 0 Å². The van der Waals surface area contributed by atoms with Crippen molar-refractivity contribution in [2.45, 2.75) is 152 Å². The van der Waals surface area contributed by atoms with Crippen molar-refractivity contribution >= 4 is 17.8 Å². The molecule has 1 N–H and O–H groups in total. The second-order valence-electron chi connectivity index (χ2n) is 20.8. The summed E-state index contributed by atoms with van der Waals surface area (Å²) in [4.78, 5) is 43.4. The number of amides is 1. The minimum absolute atomic E-state index is 0.0430. The molecular weight excluding hydrogens is 636 g/mol. The van der Waals surface area contributed by atoms with Crippen LogP contribution < -0.4 is 0 Å². The molecule has 1 saturated heterocycles. The van der Waals surface area contributed by atoms with Gasteiger partial charge in [0.15, 0.2) is 0 Å². The number of hydrogen-bond donors (Lipinski definition) is 1. The molecular formula is C44H72N2O5. The highest BCUT2D eigenvalue weighted by Crippen LogP contribution is 2.78. The second-order valence-corrected chi connectivity index (χ2v) is 20.8. The van der Waals surface area contributed by atoms with Crippen molar-refractivity contribution in [1.29, 1.82) is 0 Å². The van der Waals surface area contributed by atoms with Crippen LogP contribution in [0, 0.1) is 62.1 Å². The highest BCUT2D eigenvalue weighted by molar-refractivity contribution is 5.77. The normalized spacial score (nSPS) is 42.2. The topological polar surface area (TPSA) is 87.2 Å². The van der Waals surface area contributed by atoms with Crippen molar-refractivity contribution in [2.75, 3.05) is 32.7 Å². The predicted molar refractivity (Wildman–Crippen MR) is 203 cm³/mol. The molecule has 5 saturated carbocycles. The summed E-state index contributed by atoms with van der Waals surface area (Å²) in [6, 6.07) is 0. The lowest BCUT2D eigenvalue weighted by Gasteiger charge is -2.73. The molecule has 0 bridgehead atoms. The van der Waals surface area contributed by atoms with Crippen LogP contribution in [-0.2, 0) is 19.1 Å². The van der Waals surface area contributed by atoms with E-state index in [2.05, 4.69) is 64.8 Å². The van der Waals surface area contributed by atoms with Gasteiger partial charge in [-0.25, -0.2) is 0 Å². The van der Waals surface area contributed by atoms with Crippen molar-refractivity contribution in [3.8, 4) is 0 Å². The van der Waals surface area contributed by atoms with E-state index in [0.29, 0.717) is 35.5 Å². The average Bonchev–Trinajstić information content (AvgIpc) is 3.41. The zero-order chi connectivity index (χ0) is 37.4. The highest BCUT2D eigenvalue weighted by Gasteiger charge is 2.71. The lowest BCUT2D eigenvalue weighted by Crippen LogP contribution is -2.67. The molecule has 6 aliphatic rings. The summed E-state index contributed by atoms with van der Waals surface area (Å²) in [5.74, 6) is 2.00. The lowest BCUT2D eigenvalue weighted by molar-refractivity contribution is -0.250. The van der Waals surface area contributed by atoms with Crippen LogP contribution in [0.25, 0.3) is 0 Å². The van der Waals surface area contributed by atoms with Crippen LogP contribution in [0.1, 0.15) is 146 Å². The molecule has 0 radical (unpaired) electrons. The van der Waals surface area contributed by atoms with Gasteiger partial charge in [0.2, 0.25) is 5.91 Å². The van der Waals surface area contributed by atoms with E-state index >= 15 is 0 Å². The number of allylic oxidation sites excluding steroid dienone is 1. The van der Waals surface area contributed by atoms with Crippen LogP contribution in [0.2, 0.25) is 0 Å². The molecule has 1 aliphatic heterocycles. The molecule has 7 heteroatoms. The Morgan fingerprint density at radius 3 is 2.14 bits per heavy atom. The van der Waals surface area contributed by atoms with Gasteiger partial charge in [-0.2, -0.15) is 0 Å². The molecule has 288 valence electrons. The molecule has 1 amide bonds. The molecule has 10 atom stereocenters. The maximum atomic E-state index is 14.1. The smallest absolute Gasteiger partial charge is 0.306 e. The Hall–Kier alpha value is -1.89.